The van der Waals surface area contributed by atoms with Gasteiger partial charge in [-0.3, -0.25) is 19.4 Å². The van der Waals surface area contributed by atoms with E-state index < -0.39 is 17.7 Å². The summed E-state index contributed by atoms with van der Waals surface area (Å²) < 4.78 is 0. The van der Waals surface area contributed by atoms with Gasteiger partial charge in [0.15, 0.2) is 0 Å². The Kier molecular flexibility index (Phi) is 8.99. The molecule has 1 saturated carbocycles. The maximum atomic E-state index is 13.9. The third-order valence-corrected chi connectivity index (χ3v) is 10.5. The van der Waals surface area contributed by atoms with E-state index in [1.165, 1.54) is 12.0 Å². The number of amides is 2. The highest BCUT2D eigenvalue weighted by Crippen LogP contribution is 2.39. The van der Waals surface area contributed by atoms with Crippen molar-refractivity contribution in [2.45, 2.75) is 114 Å². The summed E-state index contributed by atoms with van der Waals surface area (Å²) in [5, 5.41) is 14.3. The van der Waals surface area contributed by atoms with E-state index in [-0.39, 0.29) is 23.3 Å². The first-order chi connectivity index (χ1) is 18.9. The molecular formula is C32H50N4O3. The molecule has 2 amide bonds. The van der Waals surface area contributed by atoms with Crippen molar-refractivity contribution in [1.29, 1.82) is 0 Å². The van der Waals surface area contributed by atoms with Crippen LogP contribution in [0.4, 0.5) is 0 Å². The SMILES string of the molecule is CCCCN1C(=O)[C@@H]([C@H](O)C2CCCCC2)NC(=O)C12CCN(C1(C)CCN(Cc3ccccc3)CC1)CC2. The van der Waals surface area contributed by atoms with Crippen LogP contribution in [-0.4, -0.2) is 87.6 Å². The number of piperidine rings is 2. The average molecular weight is 539 g/mol. The third kappa shape index (κ3) is 5.91. The van der Waals surface area contributed by atoms with Gasteiger partial charge in [-0.2, -0.15) is 0 Å². The van der Waals surface area contributed by atoms with Crippen LogP contribution in [0, 0.1) is 5.92 Å². The number of carbonyl (C=O) groups is 2. The number of likely N-dealkylation sites (tertiary alicyclic amines) is 2. The minimum atomic E-state index is -0.799. The molecule has 1 aromatic carbocycles. The molecule has 0 bridgehead atoms. The number of hydrogen-bond acceptors (Lipinski definition) is 5. The average Bonchev–Trinajstić information content (AvgIpc) is 2.97. The summed E-state index contributed by atoms with van der Waals surface area (Å²) in [6.07, 6.45) is 9.91. The van der Waals surface area contributed by atoms with E-state index >= 15 is 0 Å². The number of benzene rings is 1. The Morgan fingerprint density at radius 1 is 0.974 bits per heavy atom. The summed E-state index contributed by atoms with van der Waals surface area (Å²) in [5.41, 5.74) is 0.710. The van der Waals surface area contributed by atoms with Crippen molar-refractivity contribution in [2.24, 2.45) is 5.92 Å². The molecule has 0 aromatic heterocycles. The first-order valence-corrected chi connectivity index (χ1v) is 15.7. The first kappa shape index (κ1) is 28.6. The molecule has 2 N–H and O–H groups in total. The number of aliphatic hydroxyl groups is 1. The van der Waals surface area contributed by atoms with E-state index in [0.717, 1.165) is 84.1 Å². The van der Waals surface area contributed by atoms with Crippen LogP contribution >= 0.6 is 0 Å². The molecule has 3 heterocycles. The van der Waals surface area contributed by atoms with Crippen LogP contribution in [0.25, 0.3) is 0 Å². The standard InChI is InChI=1S/C32H50N4O3/c1-3-4-19-36-29(38)27(28(37)26-13-9-6-10-14-26)33-30(39)32(36)17-22-35(23-18-32)31(2)15-20-34(21-16-31)24-25-11-7-5-8-12-25/h5,7-8,11-12,26-28,37H,3-4,6,9-10,13-24H2,1-2H3,(H,33,39)/t27-,28-/m1/s1. The molecule has 7 nitrogen and oxygen atoms in total. The van der Waals surface area contributed by atoms with Gasteiger partial charge in [-0.1, -0.05) is 62.9 Å². The Labute approximate surface area is 235 Å². The lowest BCUT2D eigenvalue weighted by molar-refractivity contribution is -0.167. The van der Waals surface area contributed by atoms with Gasteiger partial charge in [0, 0.05) is 44.8 Å². The smallest absolute Gasteiger partial charge is 0.248 e. The number of hydrogen-bond donors (Lipinski definition) is 2. The van der Waals surface area contributed by atoms with Gasteiger partial charge in [0.2, 0.25) is 11.8 Å². The second kappa shape index (κ2) is 12.3. The molecule has 216 valence electrons. The van der Waals surface area contributed by atoms with Crippen LogP contribution in [0.2, 0.25) is 0 Å². The molecule has 4 aliphatic rings. The van der Waals surface area contributed by atoms with E-state index in [2.05, 4.69) is 59.3 Å². The first-order valence-electron chi connectivity index (χ1n) is 15.7. The number of nitrogens with zero attached hydrogens (tertiary/aromatic N) is 3. The molecule has 7 heteroatoms. The lowest BCUT2D eigenvalue weighted by Gasteiger charge is -2.56. The Balaban J connectivity index is 1.23. The van der Waals surface area contributed by atoms with Crippen molar-refractivity contribution in [3.8, 4) is 0 Å². The molecule has 4 fully saturated rings. The van der Waals surface area contributed by atoms with E-state index in [1.807, 2.05) is 4.90 Å². The number of nitrogens with one attached hydrogen (secondary N) is 1. The van der Waals surface area contributed by atoms with Crippen LogP contribution in [-0.2, 0) is 16.1 Å². The van der Waals surface area contributed by atoms with Crippen LogP contribution in [0.3, 0.4) is 0 Å². The maximum Gasteiger partial charge on any atom is 0.248 e. The molecule has 5 rings (SSSR count). The molecule has 0 unspecified atom stereocenters. The lowest BCUT2D eigenvalue weighted by Crippen LogP contribution is -2.75. The van der Waals surface area contributed by atoms with Gasteiger partial charge in [-0.05, 0) is 63.4 Å². The fourth-order valence-electron chi connectivity index (χ4n) is 7.72. The van der Waals surface area contributed by atoms with Gasteiger partial charge in [0.1, 0.15) is 11.6 Å². The molecule has 2 atom stereocenters. The highest BCUT2D eigenvalue weighted by molar-refractivity contribution is 6.00. The Morgan fingerprint density at radius 3 is 2.28 bits per heavy atom. The molecule has 0 radical (unpaired) electrons. The predicted molar refractivity (Wildman–Crippen MR) is 154 cm³/mol. The van der Waals surface area contributed by atoms with Crippen molar-refractivity contribution in [1.82, 2.24) is 20.0 Å². The molecule has 1 aliphatic carbocycles. The summed E-state index contributed by atoms with van der Waals surface area (Å²) >= 11 is 0. The maximum absolute atomic E-state index is 13.9. The minimum absolute atomic E-state index is 0.0412. The van der Waals surface area contributed by atoms with Crippen molar-refractivity contribution in [3.63, 3.8) is 0 Å². The van der Waals surface area contributed by atoms with E-state index in [1.54, 1.807) is 0 Å². The summed E-state index contributed by atoms with van der Waals surface area (Å²) in [6.45, 7) is 9.93. The monoisotopic (exact) mass is 538 g/mol. The molecule has 3 aliphatic heterocycles. The Morgan fingerprint density at radius 2 is 1.64 bits per heavy atom. The van der Waals surface area contributed by atoms with Gasteiger partial charge in [0.05, 0.1) is 6.10 Å². The zero-order valence-electron chi connectivity index (χ0n) is 24.2. The van der Waals surface area contributed by atoms with E-state index in [9.17, 15) is 14.7 Å². The Bertz CT molecular complexity index is 963. The van der Waals surface area contributed by atoms with Crippen LogP contribution in [0.1, 0.15) is 90.0 Å². The number of rotatable bonds is 8. The van der Waals surface area contributed by atoms with Gasteiger partial charge >= 0.3 is 0 Å². The van der Waals surface area contributed by atoms with Gasteiger partial charge < -0.3 is 15.3 Å². The number of piperazine rings is 1. The number of aliphatic hydroxyl groups excluding tert-OH is 1. The second-order valence-corrected chi connectivity index (χ2v) is 13.0. The summed E-state index contributed by atoms with van der Waals surface area (Å²) in [4.78, 5) is 34.8. The van der Waals surface area contributed by atoms with Gasteiger partial charge in [0.25, 0.3) is 0 Å². The number of carbonyl (C=O) groups excluding carboxylic acids is 2. The van der Waals surface area contributed by atoms with Crippen molar-refractivity contribution in [2.75, 3.05) is 32.7 Å². The van der Waals surface area contributed by atoms with Crippen LogP contribution in [0.15, 0.2) is 30.3 Å². The lowest BCUT2D eigenvalue weighted by atomic mass is 9.76. The number of unbranched alkanes of at least 4 members (excludes halogenated alkanes) is 1. The highest BCUT2D eigenvalue weighted by atomic mass is 16.3. The molecule has 1 aromatic rings. The van der Waals surface area contributed by atoms with Crippen molar-refractivity contribution < 1.29 is 14.7 Å². The van der Waals surface area contributed by atoms with Crippen LogP contribution in [0.5, 0.6) is 0 Å². The molecular weight excluding hydrogens is 488 g/mol. The molecule has 39 heavy (non-hydrogen) atoms. The fraction of sp³-hybridized carbons (Fsp3) is 0.750. The normalized spacial score (nSPS) is 27.5. The van der Waals surface area contributed by atoms with Crippen LogP contribution < -0.4 is 5.32 Å². The quantitative estimate of drug-likeness (QED) is 0.524. The largest absolute Gasteiger partial charge is 0.390 e. The van der Waals surface area contributed by atoms with Crippen molar-refractivity contribution >= 4 is 11.8 Å². The fourth-order valence-corrected chi connectivity index (χ4v) is 7.72. The zero-order valence-corrected chi connectivity index (χ0v) is 24.2. The van der Waals surface area contributed by atoms with Gasteiger partial charge in [-0.25, -0.2) is 0 Å². The van der Waals surface area contributed by atoms with Crippen molar-refractivity contribution in [3.05, 3.63) is 35.9 Å². The third-order valence-electron chi connectivity index (χ3n) is 10.5. The molecule has 3 saturated heterocycles. The Hall–Kier alpha value is -1.96. The van der Waals surface area contributed by atoms with E-state index in [4.69, 9.17) is 0 Å². The van der Waals surface area contributed by atoms with Gasteiger partial charge in [-0.15, -0.1) is 0 Å². The summed E-state index contributed by atoms with van der Waals surface area (Å²) in [5.74, 6) is 0.000168. The second-order valence-electron chi connectivity index (χ2n) is 13.0. The summed E-state index contributed by atoms with van der Waals surface area (Å²) in [7, 11) is 0. The topological polar surface area (TPSA) is 76.1 Å². The minimum Gasteiger partial charge on any atom is -0.390 e. The zero-order chi connectivity index (χ0) is 27.5. The highest BCUT2D eigenvalue weighted by Gasteiger charge is 2.56. The summed E-state index contributed by atoms with van der Waals surface area (Å²) in [6, 6.07) is 9.91. The van der Waals surface area contributed by atoms with E-state index in [0.29, 0.717) is 19.4 Å². The predicted octanol–water partition coefficient (Wildman–Crippen LogP) is 3.94. The molecule has 1 spiro atoms.